The number of methoxy groups -OCH3 is 1. The average molecular weight is 353 g/mol. The van der Waals surface area contributed by atoms with Gasteiger partial charge < -0.3 is 19.2 Å². The zero-order chi connectivity index (χ0) is 18.2. The Morgan fingerprint density at radius 3 is 2.73 bits per heavy atom. The molecule has 3 rings (SSSR count). The van der Waals surface area contributed by atoms with Crippen molar-refractivity contribution in [1.29, 1.82) is 0 Å². The summed E-state index contributed by atoms with van der Waals surface area (Å²) in [6.45, 7) is 1.09. The first-order chi connectivity index (χ1) is 12.7. The first-order valence-corrected chi connectivity index (χ1v) is 8.71. The van der Waals surface area contributed by atoms with Crippen molar-refractivity contribution in [3.05, 3.63) is 60.6 Å². The molecule has 2 heterocycles. The minimum absolute atomic E-state index is 0.0343. The highest BCUT2D eigenvalue weighted by molar-refractivity contribution is 5.75. The summed E-state index contributed by atoms with van der Waals surface area (Å²) in [7, 11) is 1.63. The molecule has 26 heavy (non-hydrogen) atoms. The predicted molar refractivity (Wildman–Crippen MR) is 99.6 cm³/mol. The van der Waals surface area contributed by atoms with E-state index in [1.54, 1.807) is 7.11 Å². The van der Waals surface area contributed by atoms with Gasteiger partial charge in [0.15, 0.2) is 0 Å². The van der Waals surface area contributed by atoms with E-state index in [1.807, 2.05) is 59.3 Å². The Bertz CT molecular complexity index is 810. The van der Waals surface area contributed by atoms with E-state index < -0.39 is 0 Å². The van der Waals surface area contributed by atoms with Crippen LogP contribution in [0.1, 0.15) is 18.5 Å². The molecule has 0 bridgehead atoms. The highest BCUT2D eigenvalue weighted by Gasteiger charge is 2.04. The van der Waals surface area contributed by atoms with Gasteiger partial charge in [0.25, 0.3) is 0 Å². The van der Waals surface area contributed by atoms with Gasteiger partial charge in [-0.1, -0.05) is 6.07 Å². The average Bonchev–Trinajstić information content (AvgIpc) is 3.08. The molecule has 0 aliphatic heterocycles. The van der Waals surface area contributed by atoms with E-state index in [4.69, 9.17) is 9.47 Å². The fraction of sp³-hybridized carbons (Fsp3) is 0.300. The molecule has 0 saturated carbocycles. The predicted octanol–water partition coefficient (Wildman–Crippen LogP) is 2.86. The molecule has 136 valence electrons. The molecule has 1 aromatic carbocycles. The third-order valence-electron chi connectivity index (χ3n) is 3.99. The van der Waals surface area contributed by atoms with Gasteiger partial charge >= 0.3 is 0 Å². The van der Waals surface area contributed by atoms with Crippen molar-refractivity contribution in [2.24, 2.45) is 0 Å². The van der Waals surface area contributed by atoms with Crippen LogP contribution in [0.4, 0.5) is 0 Å². The van der Waals surface area contributed by atoms with E-state index in [9.17, 15) is 4.79 Å². The molecule has 0 spiro atoms. The first kappa shape index (κ1) is 17.8. The van der Waals surface area contributed by atoms with Gasteiger partial charge in [-0.15, -0.1) is 0 Å². The summed E-state index contributed by atoms with van der Waals surface area (Å²) in [6, 6.07) is 13.3. The molecule has 0 atom stereocenters. The summed E-state index contributed by atoms with van der Waals surface area (Å²) < 4.78 is 12.7. The topological polar surface area (TPSA) is 64.9 Å². The van der Waals surface area contributed by atoms with Crippen LogP contribution in [0, 0.1) is 0 Å². The van der Waals surface area contributed by atoms with Gasteiger partial charge in [0.05, 0.1) is 19.4 Å². The van der Waals surface area contributed by atoms with E-state index in [2.05, 4.69) is 10.3 Å². The van der Waals surface area contributed by atoms with Crippen LogP contribution in [0.25, 0.3) is 5.65 Å². The van der Waals surface area contributed by atoms with Crippen molar-refractivity contribution < 1.29 is 14.3 Å². The lowest BCUT2D eigenvalue weighted by atomic mass is 10.3. The smallest absolute Gasteiger partial charge is 0.220 e. The van der Waals surface area contributed by atoms with Crippen molar-refractivity contribution in [2.45, 2.75) is 19.3 Å². The number of pyridine rings is 1. The second-order valence-electron chi connectivity index (χ2n) is 5.93. The summed E-state index contributed by atoms with van der Waals surface area (Å²) in [6.07, 6.45) is 5.79. The number of rotatable bonds is 9. The SMILES string of the molecule is COc1ccc(OCCCC(=O)NCCc2cn3ccccc3n2)cc1. The van der Waals surface area contributed by atoms with E-state index in [-0.39, 0.29) is 5.91 Å². The van der Waals surface area contributed by atoms with Crippen LogP contribution >= 0.6 is 0 Å². The third kappa shape index (κ3) is 4.99. The molecule has 0 saturated heterocycles. The number of fused-ring (bicyclic) bond motifs is 1. The number of nitrogens with zero attached hydrogens (tertiary/aromatic N) is 2. The molecule has 6 heteroatoms. The number of carbonyl (C=O) groups is 1. The van der Waals surface area contributed by atoms with Crippen LogP contribution in [0.5, 0.6) is 11.5 Å². The number of benzene rings is 1. The number of hydrogen-bond donors (Lipinski definition) is 1. The van der Waals surface area contributed by atoms with Crippen LogP contribution in [0.15, 0.2) is 54.9 Å². The Hall–Kier alpha value is -3.02. The molecule has 6 nitrogen and oxygen atoms in total. The fourth-order valence-electron chi connectivity index (χ4n) is 2.62. The lowest BCUT2D eigenvalue weighted by molar-refractivity contribution is -0.121. The summed E-state index contributed by atoms with van der Waals surface area (Å²) in [5, 5.41) is 2.93. The molecule has 0 aliphatic rings. The lowest BCUT2D eigenvalue weighted by Gasteiger charge is -2.07. The first-order valence-electron chi connectivity index (χ1n) is 8.71. The molecular weight excluding hydrogens is 330 g/mol. The van der Waals surface area contributed by atoms with Crippen molar-refractivity contribution >= 4 is 11.6 Å². The van der Waals surface area contributed by atoms with E-state index in [0.717, 1.165) is 29.3 Å². The number of ether oxygens (including phenoxy) is 2. The molecule has 0 aliphatic carbocycles. The highest BCUT2D eigenvalue weighted by Crippen LogP contribution is 2.17. The van der Waals surface area contributed by atoms with Gasteiger partial charge in [-0.25, -0.2) is 4.98 Å². The monoisotopic (exact) mass is 353 g/mol. The van der Waals surface area contributed by atoms with Crippen molar-refractivity contribution in [3.8, 4) is 11.5 Å². The molecule has 3 aromatic rings. The minimum Gasteiger partial charge on any atom is -0.497 e. The number of amides is 1. The van der Waals surface area contributed by atoms with Crippen molar-refractivity contribution in [1.82, 2.24) is 14.7 Å². The maximum atomic E-state index is 11.9. The summed E-state index contributed by atoms with van der Waals surface area (Å²) in [5.41, 5.74) is 1.89. The summed E-state index contributed by atoms with van der Waals surface area (Å²) in [5.74, 6) is 1.60. The second-order valence-corrected chi connectivity index (χ2v) is 5.93. The highest BCUT2D eigenvalue weighted by atomic mass is 16.5. The maximum Gasteiger partial charge on any atom is 0.220 e. The molecule has 1 N–H and O–H groups in total. The number of aromatic nitrogens is 2. The standard InChI is InChI=1S/C20H23N3O3/c1-25-17-7-9-18(10-8-17)26-14-4-6-20(24)21-12-11-16-15-23-13-3-2-5-19(23)22-16/h2-3,5,7-10,13,15H,4,6,11-12,14H2,1H3,(H,21,24). The van der Waals surface area contributed by atoms with Gasteiger partial charge in [-0.05, 0) is 42.8 Å². The minimum atomic E-state index is 0.0343. The lowest BCUT2D eigenvalue weighted by Crippen LogP contribution is -2.25. The Morgan fingerprint density at radius 1 is 1.15 bits per heavy atom. The second kappa shape index (κ2) is 8.89. The summed E-state index contributed by atoms with van der Waals surface area (Å²) >= 11 is 0. The van der Waals surface area contributed by atoms with Gasteiger partial charge in [-0.3, -0.25) is 4.79 Å². The molecule has 0 unspecified atom stereocenters. The van der Waals surface area contributed by atoms with Crippen LogP contribution in [0.2, 0.25) is 0 Å². The maximum absolute atomic E-state index is 11.9. The number of carbonyl (C=O) groups excluding carboxylic acids is 1. The van der Waals surface area contributed by atoms with Crippen LogP contribution in [0.3, 0.4) is 0 Å². The van der Waals surface area contributed by atoms with Crippen LogP contribution in [-0.2, 0) is 11.2 Å². The van der Waals surface area contributed by atoms with Gasteiger partial charge in [-0.2, -0.15) is 0 Å². The Labute approximate surface area is 152 Å². The fourth-order valence-corrected chi connectivity index (χ4v) is 2.62. The van der Waals surface area contributed by atoms with Crippen molar-refractivity contribution in [3.63, 3.8) is 0 Å². The van der Waals surface area contributed by atoms with E-state index in [0.29, 0.717) is 26.0 Å². The normalized spacial score (nSPS) is 10.7. The zero-order valence-electron chi connectivity index (χ0n) is 14.9. The van der Waals surface area contributed by atoms with Crippen LogP contribution < -0.4 is 14.8 Å². The van der Waals surface area contributed by atoms with E-state index in [1.165, 1.54) is 0 Å². The van der Waals surface area contributed by atoms with Gasteiger partial charge in [0, 0.05) is 31.8 Å². The Morgan fingerprint density at radius 2 is 1.96 bits per heavy atom. The summed E-state index contributed by atoms with van der Waals surface area (Å²) in [4.78, 5) is 16.4. The largest absolute Gasteiger partial charge is 0.497 e. The molecule has 0 fully saturated rings. The molecular formula is C20H23N3O3. The molecule has 2 aromatic heterocycles. The zero-order valence-corrected chi connectivity index (χ0v) is 14.9. The van der Waals surface area contributed by atoms with Gasteiger partial charge in [0.1, 0.15) is 17.1 Å². The third-order valence-corrected chi connectivity index (χ3v) is 3.99. The van der Waals surface area contributed by atoms with Gasteiger partial charge in [0.2, 0.25) is 5.91 Å². The van der Waals surface area contributed by atoms with E-state index >= 15 is 0 Å². The molecule has 0 radical (unpaired) electrons. The quantitative estimate of drug-likeness (QED) is 0.601. The number of imidazole rings is 1. The number of nitrogens with one attached hydrogen (secondary N) is 1. The number of hydrogen-bond acceptors (Lipinski definition) is 4. The Kier molecular flexibility index (Phi) is 6.09. The van der Waals surface area contributed by atoms with Crippen LogP contribution in [-0.4, -0.2) is 35.6 Å². The molecule has 1 amide bonds. The van der Waals surface area contributed by atoms with Crippen molar-refractivity contribution in [2.75, 3.05) is 20.3 Å². The Balaban J connectivity index is 1.31.